The van der Waals surface area contributed by atoms with E-state index in [0.29, 0.717) is 0 Å². The maximum atomic E-state index is 4.21. The Morgan fingerprint density at radius 1 is 1.05 bits per heavy atom. The first-order valence-corrected chi connectivity index (χ1v) is 6.99. The Morgan fingerprint density at radius 2 is 1.76 bits per heavy atom. The second-order valence-corrected chi connectivity index (χ2v) is 5.03. The number of aromatic nitrogens is 3. The van der Waals surface area contributed by atoms with E-state index in [0.717, 1.165) is 6.54 Å². The van der Waals surface area contributed by atoms with E-state index in [-0.39, 0.29) is 6.04 Å². The molecule has 0 saturated heterocycles. The Hall–Kier alpha value is -2.46. The molecule has 0 aliphatic rings. The lowest BCUT2D eigenvalue weighted by molar-refractivity contribution is 0.604. The Labute approximate surface area is 124 Å². The molecule has 4 heteroatoms. The van der Waals surface area contributed by atoms with Gasteiger partial charge in [-0.1, -0.05) is 30.3 Å². The SMILES string of the molecule is Cn1cc(CNC(c2ccccc2)c2ccncc2)cn1. The summed E-state index contributed by atoms with van der Waals surface area (Å²) in [6, 6.07) is 14.7. The van der Waals surface area contributed by atoms with Crippen molar-refractivity contribution in [3.8, 4) is 0 Å². The topological polar surface area (TPSA) is 42.7 Å². The van der Waals surface area contributed by atoms with Crippen molar-refractivity contribution in [2.75, 3.05) is 0 Å². The number of pyridine rings is 1. The predicted molar refractivity (Wildman–Crippen MR) is 82.6 cm³/mol. The van der Waals surface area contributed by atoms with E-state index in [1.54, 1.807) is 0 Å². The van der Waals surface area contributed by atoms with E-state index >= 15 is 0 Å². The van der Waals surface area contributed by atoms with Gasteiger partial charge in [-0.2, -0.15) is 5.10 Å². The molecule has 0 aliphatic carbocycles. The van der Waals surface area contributed by atoms with Crippen molar-refractivity contribution in [3.05, 3.63) is 83.9 Å². The maximum absolute atomic E-state index is 4.21. The molecule has 0 aliphatic heterocycles. The third kappa shape index (κ3) is 3.35. The molecular weight excluding hydrogens is 260 g/mol. The highest BCUT2D eigenvalue weighted by atomic mass is 15.2. The summed E-state index contributed by atoms with van der Waals surface area (Å²) in [5.41, 5.74) is 3.63. The van der Waals surface area contributed by atoms with E-state index < -0.39 is 0 Å². The van der Waals surface area contributed by atoms with Crippen molar-refractivity contribution in [1.29, 1.82) is 0 Å². The quantitative estimate of drug-likeness (QED) is 0.780. The van der Waals surface area contributed by atoms with Gasteiger partial charge in [0.15, 0.2) is 0 Å². The van der Waals surface area contributed by atoms with E-state index in [4.69, 9.17) is 0 Å². The minimum absolute atomic E-state index is 0.148. The number of benzene rings is 1. The largest absolute Gasteiger partial charge is 0.302 e. The highest BCUT2D eigenvalue weighted by molar-refractivity contribution is 5.30. The fraction of sp³-hybridized carbons (Fsp3) is 0.176. The van der Waals surface area contributed by atoms with Gasteiger partial charge in [0, 0.05) is 37.7 Å². The van der Waals surface area contributed by atoms with Crippen LogP contribution >= 0.6 is 0 Å². The normalized spacial score (nSPS) is 12.2. The zero-order chi connectivity index (χ0) is 14.5. The Kier molecular flexibility index (Phi) is 4.07. The van der Waals surface area contributed by atoms with Gasteiger partial charge in [-0.05, 0) is 23.3 Å². The van der Waals surface area contributed by atoms with Crippen molar-refractivity contribution in [2.45, 2.75) is 12.6 Å². The van der Waals surface area contributed by atoms with Crippen LogP contribution in [0.5, 0.6) is 0 Å². The van der Waals surface area contributed by atoms with Gasteiger partial charge in [0.2, 0.25) is 0 Å². The van der Waals surface area contributed by atoms with Crippen LogP contribution in [0.15, 0.2) is 67.3 Å². The maximum Gasteiger partial charge on any atom is 0.0580 e. The number of hydrogen-bond donors (Lipinski definition) is 1. The first kappa shape index (κ1) is 13.5. The molecule has 0 radical (unpaired) electrons. The summed E-state index contributed by atoms with van der Waals surface area (Å²) in [5.74, 6) is 0. The molecule has 1 aromatic carbocycles. The number of nitrogens with zero attached hydrogens (tertiary/aromatic N) is 3. The van der Waals surface area contributed by atoms with Gasteiger partial charge in [0.25, 0.3) is 0 Å². The standard InChI is InChI=1S/C17H18N4/c1-21-13-14(12-20-21)11-19-17(15-5-3-2-4-6-15)16-7-9-18-10-8-16/h2-10,12-13,17,19H,11H2,1H3. The van der Waals surface area contributed by atoms with E-state index in [2.05, 4.69) is 39.7 Å². The summed E-state index contributed by atoms with van der Waals surface area (Å²) in [4.78, 5) is 4.10. The van der Waals surface area contributed by atoms with Crippen LogP contribution in [0.3, 0.4) is 0 Å². The van der Waals surface area contributed by atoms with Crippen LogP contribution in [-0.4, -0.2) is 14.8 Å². The second kappa shape index (κ2) is 6.33. The number of nitrogens with one attached hydrogen (secondary N) is 1. The minimum Gasteiger partial charge on any atom is -0.302 e. The molecule has 0 fully saturated rings. The average molecular weight is 278 g/mol. The Bertz CT molecular complexity index is 637. The van der Waals surface area contributed by atoms with Crippen molar-refractivity contribution in [3.63, 3.8) is 0 Å². The molecular formula is C17H18N4. The summed E-state index contributed by atoms with van der Waals surface area (Å²) in [7, 11) is 1.93. The molecule has 0 amide bonds. The zero-order valence-corrected chi connectivity index (χ0v) is 12.0. The lowest BCUT2D eigenvalue weighted by atomic mass is 9.99. The number of rotatable bonds is 5. The molecule has 1 unspecified atom stereocenters. The Balaban J connectivity index is 1.83. The lowest BCUT2D eigenvalue weighted by Crippen LogP contribution is -2.21. The molecule has 0 bridgehead atoms. The summed E-state index contributed by atoms with van der Waals surface area (Å²) in [6.07, 6.45) is 7.58. The molecule has 2 aromatic heterocycles. The van der Waals surface area contributed by atoms with Crippen LogP contribution < -0.4 is 5.32 Å². The molecule has 0 saturated carbocycles. The van der Waals surface area contributed by atoms with Crippen molar-refractivity contribution >= 4 is 0 Å². The Morgan fingerprint density at radius 3 is 2.43 bits per heavy atom. The number of aryl methyl sites for hydroxylation is 1. The number of hydrogen-bond acceptors (Lipinski definition) is 3. The van der Waals surface area contributed by atoms with Crippen LogP contribution in [0.2, 0.25) is 0 Å². The first-order valence-electron chi connectivity index (χ1n) is 6.99. The molecule has 3 aromatic rings. The third-order valence-corrected chi connectivity index (χ3v) is 3.44. The van der Waals surface area contributed by atoms with Gasteiger partial charge in [-0.3, -0.25) is 9.67 Å². The van der Waals surface area contributed by atoms with E-state index in [9.17, 15) is 0 Å². The van der Waals surface area contributed by atoms with Crippen LogP contribution in [0.1, 0.15) is 22.7 Å². The molecule has 21 heavy (non-hydrogen) atoms. The summed E-state index contributed by atoms with van der Waals surface area (Å²) in [6.45, 7) is 0.774. The molecule has 4 nitrogen and oxygen atoms in total. The second-order valence-electron chi connectivity index (χ2n) is 5.03. The summed E-state index contributed by atoms with van der Waals surface area (Å²) in [5, 5.41) is 7.81. The highest BCUT2D eigenvalue weighted by Crippen LogP contribution is 2.21. The van der Waals surface area contributed by atoms with Crippen LogP contribution in [0.25, 0.3) is 0 Å². The van der Waals surface area contributed by atoms with Crippen LogP contribution in [-0.2, 0) is 13.6 Å². The van der Waals surface area contributed by atoms with Gasteiger partial charge in [0.05, 0.1) is 12.2 Å². The first-order chi connectivity index (χ1) is 10.3. The third-order valence-electron chi connectivity index (χ3n) is 3.44. The van der Waals surface area contributed by atoms with Gasteiger partial charge < -0.3 is 5.32 Å². The highest BCUT2D eigenvalue weighted by Gasteiger charge is 2.13. The monoisotopic (exact) mass is 278 g/mol. The average Bonchev–Trinajstić information content (AvgIpc) is 2.95. The summed E-state index contributed by atoms with van der Waals surface area (Å²) < 4.78 is 1.82. The predicted octanol–water partition coefficient (Wildman–Crippen LogP) is 2.69. The molecule has 0 spiro atoms. The van der Waals surface area contributed by atoms with Crippen molar-refractivity contribution in [2.24, 2.45) is 7.05 Å². The molecule has 1 N–H and O–H groups in total. The molecule has 106 valence electrons. The summed E-state index contributed by atoms with van der Waals surface area (Å²) >= 11 is 0. The van der Waals surface area contributed by atoms with Gasteiger partial charge in [-0.15, -0.1) is 0 Å². The zero-order valence-electron chi connectivity index (χ0n) is 12.0. The minimum atomic E-state index is 0.148. The fourth-order valence-electron chi connectivity index (χ4n) is 2.41. The van der Waals surface area contributed by atoms with Gasteiger partial charge in [-0.25, -0.2) is 0 Å². The van der Waals surface area contributed by atoms with Gasteiger partial charge >= 0.3 is 0 Å². The van der Waals surface area contributed by atoms with E-state index in [1.807, 2.05) is 54.7 Å². The molecule has 3 rings (SSSR count). The van der Waals surface area contributed by atoms with Gasteiger partial charge in [0.1, 0.15) is 0 Å². The van der Waals surface area contributed by atoms with Crippen LogP contribution in [0, 0.1) is 0 Å². The van der Waals surface area contributed by atoms with E-state index in [1.165, 1.54) is 16.7 Å². The lowest BCUT2D eigenvalue weighted by Gasteiger charge is -2.19. The molecule has 1 atom stereocenters. The smallest absolute Gasteiger partial charge is 0.0580 e. The van der Waals surface area contributed by atoms with Crippen molar-refractivity contribution < 1.29 is 0 Å². The van der Waals surface area contributed by atoms with Crippen molar-refractivity contribution in [1.82, 2.24) is 20.1 Å². The fourth-order valence-corrected chi connectivity index (χ4v) is 2.41. The molecule has 2 heterocycles. The van der Waals surface area contributed by atoms with Crippen LogP contribution in [0.4, 0.5) is 0 Å².